The summed E-state index contributed by atoms with van der Waals surface area (Å²) in [5, 5.41) is 11.7. The molecule has 3 aromatic rings. The number of nitrogens with zero attached hydrogens (tertiary/aromatic N) is 1. The number of phenolic OH excluding ortho intramolecular Hbond substituents is 1. The maximum Gasteiger partial charge on any atom is 0.305 e. The van der Waals surface area contributed by atoms with Crippen molar-refractivity contribution in [1.82, 2.24) is 4.98 Å². The van der Waals surface area contributed by atoms with Crippen molar-refractivity contribution in [2.45, 2.75) is 22.6 Å². The second-order valence-electron chi connectivity index (χ2n) is 9.88. The highest BCUT2D eigenvalue weighted by molar-refractivity contribution is 8.00. The van der Waals surface area contributed by atoms with Crippen molar-refractivity contribution in [3.63, 3.8) is 0 Å². The number of benzene rings is 2. The van der Waals surface area contributed by atoms with Crippen molar-refractivity contribution in [2.75, 3.05) is 12.0 Å². The van der Waals surface area contributed by atoms with Gasteiger partial charge in [0.15, 0.2) is 11.5 Å². The number of imide groups is 1. The SMILES string of the molecule is COc1cc([C@@H]2c3sc(=O)[nH]c3S[C@@H]3[C@@H]4C[C@@H]([C@@H]5C(=O)N(c6ccc(Cl)cc6)C(=O)[C@@H]45)[C@@H]23)ccc1O. The molecule has 0 radical (unpaired) electrons. The van der Waals surface area contributed by atoms with Crippen molar-refractivity contribution >= 4 is 52.2 Å². The van der Waals surface area contributed by atoms with Crippen LogP contribution < -0.4 is 14.5 Å². The summed E-state index contributed by atoms with van der Waals surface area (Å²) in [6.45, 7) is 0. The number of phenols is 1. The molecule has 7 nitrogen and oxygen atoms in total. The van der Waals surface area contributed by atoms with Crippen LogP contribution in [0.15, 0.2) is 52.3 Å². The maximum absolute atomic E-state index is 13.7. The number of aromatic hydroxyl groups is 1. The lowest BCUT2D eigenvalue weighted by Crippen LogP contribution is -2.42. The van der Waals surface area contributed by atoms with Gasteiger partial charge in [-0.05, 0) is 66.1 Å². The Balaban J connectivity index is 1.33. The highest BCUT2D eigenvalue weighted by Crippen LogP contribution is 2.68. The zero-order chi connectivity index (χ0) is 24.9. The highest BCUT2D eigenvalue weighted by Gasteiger charge is 2.69. The normalized spacial score (nSPS) is 31.9. The molecule has 1 aromatic heterocycles. The van der Waals surface area contributed by atoms with Gasteiger partial charge >= 0.3 is 4.87 Å². The van der Waals surface area contributed by atoms with Gasteiger partial charge < -0.3 is 14.8 Å². The summed E-state index contributed by atoms with van der Waals surface area (Å²) in [5.41, 5.74) is 1.49. The van der Waals surface area contributed by atoms with Crippen LogP contribution >= 0.6 is 34.7 Å². The summed E-state index contributed by atoms with van der Waals surface area (Å²) >= 11 is 8.89. The number of hydrogen-bond acceptors (Lipinski definition) is 7. The monoisotopic (exact) mass is 540 g/mol. The molecular formula is C26H21ClN2O5S2. The molecule has 2 aromatic carbocycles. The molecule has 36 heavy (non-hydrogen) atoms. The van der Waals surface area contributed by atoms with Crippen LogP contribution in [0.2, 0.25) is 5.02 Å². The van der Waals surface area contributed by atoms with Gasteiger partial charge in [0.2, 0.25) is 11.8 Å². The molecule has 3 heterocycles. The predicted octanol–water partition coefficient (Wildman–Crippen LogP) is 4.48. The van der Waals surface area contributed by atoms with Crippen molar-refractivity contribution in [3.8, 4) is 11.5 Å². The lowest BCUT2D eigenvalue weighted by Gasteiger charge is -2.43. The van der Waals surface area contributed by atoms with E-state index >= 15 is 0 Å². The Morgan fingerprint density at radius 2 is 1.78 bits per heavy atom. The summed E-state index contributed by atoms with van der Waals surface area (Å²) in [5.74, 6) is -0.576. The highest BCUT2D eigenvalue weighted by atomic mass is 35.5. The quantitative estimate of drug-likeness (QED) is 0.475. The number of rotatable bonds is 3. The Bertz CT molecular complexity index is 1480. The Labute approximate surface area is 219 Å². The minimum Gasteiger partial charge on any atom is -0.504 e. The Kier molecular flexibility index (Phi) is 4.91. The Morgan fingerprint density at radius 3 is 2.50 bits per heavy atom. The molecule has 4 aliphatic rings. The number of ether oxygens (including phenoxy) is 1. The van der Waals surface area contributed by atoms with E-state index in [4.69, 9.17) is 16.3 Å². The molecule has 7 atom stereocenters. The van der Waals surface area contributed by atoms with Gasteiger partial charge in [-0.15, -0.1) is 11.8 Å². The molecule has 1 saturated heterocycles. The van der Waals surface area contributed by atoms with Crippen molar-refractivity contribution in [1.29, 1.82) is 0 Å². The van der Waals surface area contributed by atoms with E-state index in [2.05, 4.69) is 4.98 Å². The fourth-order valence-corrected chi connectivity index (χ4v) is 10.1. The molecule has 7 rings (SSSR count). The van der Waals surface area contributed by atoms with E-state index in [1.807, 2.05) is 12.1 Å². The molecule has 2 bridgehead atoms. The zero-order valence-electron chi connectivity index (χ0n) is 19.0. The van der Waals surface area contributed by atoms with Gasteiger partial charge in [0, 0.05) is 21.1 Å². The molecule has 2 aliphatic carbocycles. The largest absolute Gasteiger partial charge is 0.504 e. The van der Waals surface area contributed by atoms with Crippen LogP contribution in [0.3, 0.4) is 0 Å². The molecule has 2 N–H and O–H groups in total. The molecule has 0 unspecified atom stereocenters. The molecule has 2 amide bonds. The number of carbonyl (C=O) groups excluding carboxylic acids is 2. The van der Waals surface area contributed by atoms with E-state index in [1.165, 1.54) is 23.3 Å². The van der Waals surface area contributed by atoms with Crippen LogP contribution in [0.25, 0.3) is 0 Å². The van der Waals surface area contributed by atoms with Gasteiger partial charge in [0.05, 0.1) is 29.7 Å². The number of thioether (sulfide) groups is 1. The van der Waals surface area contributed by atoms with E-state index in [-0.39, 0.29) is 63.2 Å². The first-order valence-electron chi connectivity index (χ1n) is 11.8. The number of halogens is 1. The number of H-pyrrole nitrogens is 1. The van der Waals surface area contributed by atoms with Crippen molar-refractivity contribution < 1.29 is 19.4 Å². The number of methoxy groups -OCH3 is 1. The van der Waals surface area contributed by atoms with Crippen LogP contribution in [0.5, 0.6) is 11.5 Å². The van der Waals surface area contributed by atoms with E-state index < -0.39 is 0 Å². The van der Waals surface area contributed by atoms with Gasteiger partial charge in [0.25, 0.3) is 0 Å². The summed E-state index contributed by atoms with van der Waals surface area (Å²) in [7, 11) is 1.51. The third-order valence-electron chi connectivity index (χ3n) is 8.37. The van der Waals surface area contributed by atoms with Gasteiger partial charge in [-0.1, -0.05) is 29.0 Å². The predicted molar refractivity (Wildman–Crippen MR) is 137 cm³/mol. The van der Waals surface area contributed by atoms with E-state index in [1.54, 1.807) is 42.1 Å². The Hall–Kier alpha value is -2.75. The summed E-state index contributed by atoms with van der Waals surface area (Å²) in [6.07, 6.45) is 0.814. The number of carbonyl (C=O) groups is 2. The average Bonchev–Trinajstić information content (AvgIpc) is 3.59. The smallest absolute Gasteiger partial charge is 0.305 e. The van der Waals surface area contributed by atoms with E-state index in [0.717, 1.165) is 21.9 Å². The van der Waals surface area contributed by atoms with Crippen molar-refractivity contribution in [2.24, 2.45) is 29.6 Å². The van der Waals surface area contributed by atoms with Gasteiger partial charge in [-0.2, -0.15) is 0 Å². The average molecular weight is 541 g/mol. The van der Waals surface area contributed by atoms with Crippen LogP contribution in [0.4, 0.5) is 5.69 Å². The molecule has 10 heteroatoms. The number of nitrogens with one attached hydrogen (secondary N) is 1. The topological polar surface area (TPSA) is 99.7 Å². The standard InChI is InChI=1S/C26H21ClN2O5S2/c1-34-16-8-10(2-7-15(16)30)17-18-13-9-14(21(18)35-23-22(17)36-26(33)28-23)20-19(13)24(31)29(25(20)32)12-5-3-11(27)4-6-12/h2-8,13-14,17-21,30H,9H2,1H3,(H,28,33)/t13-,14-,17+,18+,19+,20+,21-/m1/s1. The van der Waals surface area contributed by atoms with Gasteiger partial charge in [0.1, 0.15) is 0 Å². The van der Waals surface area contributed by atoms with Crippen LogP contribution in [-0.4, -0.2) is 34.3 Å². The van der Waals surface area contributed by atoms with Crippen molar-refractivity contribution in [3.05, 3.63) is 67.6 Å². The van der Waals surface area contributed by atoms with Crippen LogP contribution in [0, 0.1) is 29.6 Å². The number of anilines is 1. The third-order valence-corrected chi connectivity index (χ3v) is 11.2. The minimum absolute atomic E-state index is 0.0152. The molecule has 3 fully saturated rings. The Morgan fingerprint density at radius 1 is 1.06 bits per heavy atom. The number of thiazole rings is 1. The lowest BCUT2D eigenvalue weighted by molar-refractivity contribution is -0.123. The first kappa shape index (κ1) is 22.4. The maximum atomic E-state index is 13.7. The third kappa shape index (κ3) is 2.96. The number of hydrogen-bond donors (Lipinski definition) is 2. The molecule has 184 valence electrons. The first-order chi connectivity index (χ1) is 17.4. The van der Waals surface area contributed by atoms with E-state index in [9.17, 15) is 19.5 Å². The molecule has 0 spiro atoms. The second kappa shape index (κ2) is 7.87. The fourth-order valence-electron chi connectivity index (χ4n) is 7.12. The summed E-state index contributed by atoms with van der Waals surface area (Å²) in [4.78, 5) is 45.0. The van der Waals surface area contributed by atoms with E-state index in [0.29, 0.717) is 16.5 Å². The van der Waals surface area contributed by atoms with Crippen LogP contribution in [0.1, 0.15) is 22.8 Å². The van der Waals surface area contributed by atoms with Crippen LogP contribution in [-0.2, 0) is 9.59 Å². The second-order valence-corrected chi connectivity index (χ2v) is 12.5. The minimum atomic E-state index is -0.376. The number of fused-ring (bicyclic) bond motifs is 9. The summed E-state index contributed by atoms with van der Waals surface area (Å²) < 4.78 is 5.38. The molecule has 2 aliphatic heterocycles. The summed E-state index contributed by atoms with van der Waals surface area (Å²) in [6, 6.07) is 12.1. The number of aromatic nitrogens is 1. The molecular weight excluding hydrogens is 520 g/mol. The fraction of sp³-hybridized carbons (Fsp3) is 0.346. The molecule has 2 saturated carbocycles. The number of amides is 2. The van der Waals surface area contributed by atoms with Gasteiger partial charge in [-0.25, -0.2) is 0 Å². The lowest BCUT2D eigenvalue weighted by atomic mass is 9.68. The van der Waals surface area contributed by atoms with Gasteiger partial charge in [-0.3, -0.25) is 19.3 Å². The zero-order valence-corrected chi connectivity index (χ0v) is 21.4. The number of aromatic amines is 1. The first-order valence-corrected chi connectivity index (χ1v) is 13.8.